The van der Waals surface area contributed by atoms with Crippen molar-refractivity contribution in [2.45, 2.75) is 5.41 Å². The van der Waals surface area contributed by atoms with Crippen molar-refractivity contribution in [2.75, 3.05) is 4.90 Å². The third kappa shape index (κ3) is 6.78. The van der Waals surface area contributed by atoms with Gasteiger partial charge in [0, 0.05) is 17.1 Å². The molecular formula is C69H47N. The van der Waals surface area contributed by atoms with Gasteiger partial charge in [-0.3, -0.25) is 0 Å². The second-order valence-corrected chi connectivity index (χ2v) is 18.3. The van der Waals surface area contributed by atoms with E-state index in [0.29, 0.717) is 0 Å². The summed E-state index contributed by atoms with van der Waals surface area (Å²) in [5.74, 6) is 0. The molecule has 0 aromatic heterocycles. The van der Waals surface area contributed by atoms with Gasteiger partial charge in [-0.25, -0.2) is 0 Å². The summed E-state index contributed by atoms with van der Waals surface area (Å²) in [4.78, 5) is 2.46. The standard InChI is InChI=1S/C69H47N/c1-6-20-48(21-7-1)49-34-36-50(37-35-49)51-38-40-56(41-39-51)70(58-43-45-66-63(46-58)61-31-18-19-33-65(61)69(66,54-26-12-4-13-27-54)55-28-14-5-15-29-55)57-42-44-60-59-30-16-17-32-62(59)67(52-22-8-2-9-23-52)68(64(60)47-57)53-24-10-3-11-25-53/h1-47H. The second-order valence-electron chi connectivity index (χ2n) is 18.3. The van der Waals surface area contributed by atoms with Crippen LogP contribution >= 0.6 is 0 Å². The van der Waals surface area contributed by atoms with Crippen molar-refractivity contribution >= 4 is 38.6 Å². The van der Waals surface area contributed by atoms with E-state index in [1.807, 2.05) is 0 Å². The molecule has 328 valence electrons. The molecule has 1 nitrogen and oxygen atoms in total. The van der Waals surface area contributed by atoms with Crippen LogP contribution < -0.4 is 4.90 Å². The molecule has 13 rings (SSSR count). The van der Waals surface area contributed by atoms with Gasteiger partial charge in [0.1, 0.15) is 0 Å². The number of nitrogens with zero attached hydrogens (tertiary/aromatic N) is 1. The minimum Gasteiger partial charge on any atom is -0.310 e. The van der Waals surface area contributed by atoms with Gasteiger partial charge in [-0.05, 0) is 136 Å². The van der Waals surface area contributed by atoms with E-state index >= 15 is 0 Å². The smallest absolute Gasteiger partial charge is 0.0713 e. The van der Waals surface area contributed by atoms with Gasteiger partial charge in [0.25, 0.3) is 0 Å². The zero-order valence-electron chi connectivity index (χ0n) is 38.6. The van der Waals surface area contributed by atoms with Crippen LogP contribution in [-0.4, -0.2) is 0 Å². The lowest BCUT2D eigenvalue weighted by Crippen LogP contribution is -2.28. The first kappa shape index (κ1) is 41.2. The van der Waals surface area contributed by atoms with E-state index in [2.05, 4.69) is 290 Å². The van der Waals surface area contributed by atoms with Crippen LogP contribution in [0.5, 0.6) is 0 Å². The van der Waals surface area contributed by atoms with Crippen molar-refractivity contribution < 1.29 is 0 Å². The number of benzene rings is 12. The quantitative estimate of drug-likeness (QED) is 0.131. The predicted octanol–water partition coefficient (Wildman–Crippen LogP) is 18.5. The summed E-state index contributed by atoms with van der Waals surface area (Å²) in [5, 5.41) is 4.92. The Balaban J connectivity index is 1.04. The number of fused-ring (bicyclic) bond motifs is 6. The van der Waals surface area contributed by atoms with Crippen LogP contribution in [0.25, 0.3) is 77.2 Å². The third-order valence-electron chi connectivity index (χ3n) is 14.5. The fraction of sp³-hybridized carbons (Fsp3) is 0.0145. The molecule has 0 aliphatic heterocycles. The summed E-state index contributed by atoms with van der Waals surface area (Å²) in [5.41, 5.74) is 20.0. The van der Waals surface area contributed by atoms with Gasteiger partial charge in [0.2, 0.25) is 0 Å². The highest BCUT2D eigenvalue weighted by atomic mass is 15.1. The highest BCUT2D eigenvalue weighted by molar-refractivity contribution is 6.22. The molecule has 70 heavy (non-hydrogen) atoms. The molecule has 12 aromatic carbocycles. The average Bonchev–Trinajstić information content (AvgIpc) is 3.74. The summed E-state index contributed by atoms with van der Waals surface area (Å²) in [6, 6.07) is 105. The maximum Gasteiger partial charge on any atom is 0.0713 e. The Labute approximate surface area is 409 Å². The largest absolute Gasteiger partial charge is 0.310 e. The van der Waals surface area contributed by atoms with Gasteiger partial charge in [-0.15, -0.1) is 0 Å². The predicted molar refractivity (Wildman–Crippen MR) is 295 cm³/mol. The van der Waals surface area contributed by atoms with Gasteiger partial charge in [-0.1, -0.05) is 249 Å². The first-order chi connectivity index (χ1) is 34.7. The van der Waals surface area contributed by atoms with E-state index in [0.717, 1.165) is 17.1 Å². The minimum absolute atomic E-state index is 0.488. The first-order valence-corrected chi connectivity index (χ1v) is 24.2. The topological polar surface area (TPSA) is 3.24 Å². The van der Waals surface area contributed by atoms with Crippen LogP contribution in [0.3, 0.4) is 0 Å². The van der Waals surface area contributed by atoms with Crippen molar-refractivity contribution in [1.29, 1.82) is 0 Å². The normalized spacial score (nSPS) is 12.4. The maximum atomic E-state index is 2.46. The van der Waals surface area contributed by atoms with Crippen LogP contribution in [-0.2, 0) is 5.41 Å². The first-order valence-electron chi connectivity index (χ1n) is 24.2. The number of hydrogen-bond donors (Lipinski definition) is 0. The Morgan fingerprint density at radius 3 is 1.20 bits per heavy atom. The maximum absolute atomic E-state index is 2.46. The van der Waals surface area contributed by atoms with Crippen LogP contribution in [0, 0.1) is 0 Å². The summed E-state index contributed by atoms with van der Waals surface area (Å²) in [6.45, 7) is 0. The van der Waals surface area contributed by atoms with E-state index in [9.17, 15) is 0 Å². The number of anilines is 3. The lowest BCUT2D eigenvalue weighted by atomic mass is 9.68. The van der Waals surface area contributed by atoms with Gasteiger partial charge < -0.3 is 4.90 Å². The molecular weight excluding hydrogens is 843 g/mol. The lowest BCUT2D eigenvalue weighted by molar-refractivity contribution is 0.768. The lowest BCUT2D eigenvalue weighted by Gasteiger charge is -2.34. The van der Waals surface area contributed by atoms with Crippen molar-refractivity contribution in [3.8, 4) is 55.6 Å². The Morgan fingerprint density at radius 2 is 0.614 bits per heavy atom. The fourth-order valence-corrected chi connectivity index (χ4v) is 11.4. The molecule has 0 saturated carbocycles. The Hall–Kier alpha value is -9.04. The third-order valence-corrected chi connectivity index (χ3v) is 14.5. The van der Waals surface area contributed by atoms with Gasteiger partial charge in [0.05, 0.1) is 5.41 Å². The van der Waals surface area contributed by atoms with E-state index in [1.54, 1.807) is 0 Å². The molecule has 0 unspecified atom stereocenters. The van der Waals surface area contributed by atoms with E-state index in [1.165, 1.54) is 99.4 Å². The summed E-state index contributed by atoms with van der Waals surface area (Å²) in [6.07, 6.45) is 0. The monoisotopic (exact) mass is 889 g/mol. The molecule has 0 heterocycles. The van der Waals surface area contributed by atoms with Crippen LogP contribution in [0.2, 0.25) is 0 Å². The highest BCUT2D eigenvalue weighted by Gasteiger charge is 2.46. The van der Waals surface area contributed by atoms with Gasteiger partial charge >= 0.3 is 0 Å². The number of hydrogen-bond acceptors (Lipinski definition) is 1. The molecule has 0 amide bonds. The molecule has 1 heteroatoms. The molecule has 0 fully saturated rings. The molecule has 0 saturated heterocycles. The summed E-state index contributed by atoms with van der Waals surface area (Å²) in [7, 11) is 0. The van der Waals surface area contributed by atoms with E-state index < -0.39 is 5.41 Å². The van der Waals surface area contributed by atoms with Gasteiger partial charge in [0.15, 0.2) is 0 Å². The zero-order valence-corrected chi connectivity index (χ0v) is 38.6. The molecule has 0 radical (unpaired) electrons. The molecule has 12 aromatic rings. The summed E-state index contributed by atoms with van der Waals surface area (Å²) >= 11 is 0. The van der Waals surface area contributed by atoms with Crippen LogP contribution in [0.15, 0.2) is 285 Å². The second kappa shape index (κ2) is 17.2. The van der Waals surface area contributed by atoms with E-state index in [-0.39, 0.29) is 0 Å². The highest BCUT2D eigenvalue weighted by Crippen LogP contribution is 2.57. The Kier molecular flexibility index (Phi) is 10.1. The molecule has 0 atom stereocenters. The molecule has 0 bridgehead atoms. The van der Waals surface area contributed by atoms with Crippen molar-refractivity contribution in [3.05, 3.63) is 307 Å². The zero-order chi connectivity index (χ0) is 46.4. The number of rotatable bonds is 9. The van der Waals surface area contributed by atoms with Crippen LogP contribution in [0.4, 0.5) is 17.1 Å². The van der Waals surface area contributed by atoms with Crippen LogP contribution in [0.1, 0.15) is 22.3 Å². The van der Waals surface area contributed by atoms with E-state index in [4.69, 9.17) is 0 Å². The van der Waals surface area contributed by atoms with Gasteiger partial charge in [-0.2, -0.15) is 0 Å². The van der Waals surface area contributed by atoms with Crippen molar-refractivity contribution in [2.24, 2.45) is 0 Å². The molecule has 0 spiro atoms. The van der Waals surface area contributed by atoms with Crippen molar-refractivity contribution in [1.82, 2.24) is 0 Å². The average molecular weight is 890 g/mol. The molecule has 1 aliphatic carbocycles. The van der Waals surface area contributed by atoms with Crippen molar-refractivity contribution in [3.63, 3.8) is 0 Å². The fourth-order valence-electron chi connectivity index (χ4n) is 11.4. The SMILES string of the molecule is c1ccc(-c2ccc(-c3ccc(N(c4ccc5c(c4)-c4ccccc4C5(c4ccccc4)c4ccccc4)c4ccc5c(c4)c(-c4ccccc4)c(-c4ccccc4)c4ccccc45)cc3)cc2)cc1. The minimum atomic E-state index is -0.488. The molecule has 0 N–H and O–H groups in total. The Morgan fingerprint density at radius 1 is 0.229 bits per heavy atom. The Bertz CT molecular complexity index is 3790. The molecule has 1 aliphatic rings. The summed E-state index contributed by atoms with van der Waals surface area (Å²) < 4.78 is 0.